The van der Waals surface area contributed by atoms with Crippen LogP contribution in [0, 0.1) is 0 Å². The topological polar surface area (TPSA) is 215 Å². The number of nitrogens with two attached hydrogens (primary N) is 1. The number of amides is 2. The number of aromatic nitrogens is 4. The lowest BCUT2D eigenvalue weighted by molar-refractivity contribution is -0.765. The molecule has 15 nitrogen and oxygen atoms in total. The number of nitrogens with zero attached hydrogens (tertiary/aromatic N) is 4. The summed E-state index contributed by atoms with van der Waals surface area (Å²) in [6.07, 6.45) is 1.92. The maximum Gasteiger partial charge on any atom is 0.292 e. The number of carbonyl (C=O) groups excluding carboxylic acids is 2. The third kappa shape index (κ3) is 10.3. The fraction of sp³-hybridized carbons (Fsp3) is 0.382. The smallest absolute Gasteiger partial charge is 0.292 e. The van der Waals surface area contributed by atoms with Gasteiger partial charge in [-0.15, -0.1) is 5.10 Å². The van der Waals surface area contributed by atoms with Gasteiger partial charge in [-0.25, -0.2) is 0 Å². The number of aliphatic hydroxyl groups is 2. The van der Waals surface area contributed by atoms with Gasteiger partial charge >= 0.3 is 0 Å². The number of hydrogen-bond acceptors (Lipinski definition) is 11. The number of unbranched alkanes of at least 4 members (excludes halogenated alkanes) is 1. The molecule has 5 N–H and O–H groups in total. The van der Waals surface area contributed by atoms with Crippen molar-refractivity contribution >= 4 is 19.6 Å². The Bertz CT molecular complexity index is 1710. The Morgan fingerprint density at radius 2 is 1.70 bits per heavy atom. The quantitative estimate of drug-likeness (QED) is 0.0660. The molecule has 0 bridgehead atoms. The summed E-state index contributed by atoms with van der Waals surface area (Å²) in [4.78, 5) is 36.6. The maximum atomic E-state index is 12.8. The van der Waals surface area contributed by atoms with Crippen LogP contribution in [0.25, 0.3) is 0 Å². The zero-order valence-electron chi connectivity index (χ0n) is 27.3. The van der Waals surface area contributed by atoms with Crippen LogP contribution in [0.15, 0.2) is 91.4 Å². The SMILES string of the molecule is NC(=O)c1ccc[n+]([C@@H]2O[C@H](COP(=O)([O-])OCCCc3cn(CCCCC(=O)NC(c4ccccc4)c4ccccc4)nn3)[C@@H](O)[C@H]2O)c1. The first-order chi connectivity index (χ1) is 24.1. The Labute approximate surface area is 289 Å². The number of benzene rings is 2. The van der Waals surface area contributed by atoms with E-state index in [2.05, 4.69) is 15.6 Å². The van der Waals surface area contributed by atoms with Gasteiger partial charge < -0.3 is 39.9 Å². The molecule has 5 rings (SSSR count). The molecule has 1 saturated heterocycles. The summed E-state index contributed by atoms with van der Waals surface area (Å²) in [7, 11) is -4.76. The molecular weight excluding hydrogens is 667 g/mol. The largest absolute Gasteiger partial charge is 0.756 e. The van der Waals surface area contributed by atoms with E-state index in [1.165, 1.54) is 29.1 Å². The zero-order chi connectivity index (χ0) is 35.5. The van der Waals surface area contributed by atoms with Crippen LogP contribution in [-0.4, -0.2) is 68.5 Å². The maximum absolute atomic E-state index is 12.8. The normalized spacial score (nSPS) is 20.1. The van der Waals surface area contributed by atoms with Gasteiger partial charge in [0.15, 0.2) is 18.5 Å². The Morgan fingerprint density at radius 3 is 2.38 bits per heavy atom. The fourth-order valence-electron chi connectivity index (χ4n) is 5.55. The van der Waals surface area contributed by atoms with Gasteiger partial charge in [-0.3, -0.25) is 18.8 Å². The summed E-state index contributed by atoms with van der Waals surface area (Å²) in [6.45, 7) is -0.200. The molecular formula is C34H41N6O9P. The van der Waals surface area contributed by atoms with E-state index in [0.29, 0.717) is 44.3 Å². The molecule has 0 aliphatic carbocycles. The number of primary amides is 1. The number of nitrogens with one attached hydrogen (secondary N) is 1. The van der Waals surface area contributed by atoms with Crippen molar-refractivity contribution in [3.63, 3.8) is 0 Å². The summed E-state index contributed by atoms with van der Waals surface area (Å²) in [5.41, 5.74) is 8.13. The standard InChI is InChI=1S/C34H41N6O9P/c35-33(44)26-15-9-18-39(21-26)34-32(43)31(42)28(49-34)23-48-50(45,46)47-20-10-16-27-22-40(38-37-27)19-8-7-17-29(41)36-30(24-11-3-1-4-12-24)25-13-5-2-6-14-25/h1-6,9,11-15,18,21-22,28,30-32,34,42-43H,7-8,10,16-17,19-20,23H2,(H3-,35,36,41,44,45,46)/t28-,31-,32-,34-/m1/s1. The summed E-state index contributed by atoms with van der Waals surface area (Å²) >= 11 is 0. The predicted octanol–water partition coefficient (Wildman–Crippen LogP) is 1.49. The van der Waals surface area contributed by atoms with E-state index in [4.69, 9.17) is 19.5 Å². The van der Waals surface area contributed by atoms with Gasteiger partial charge in [0, 0.05) is 25.2 Å². The lowest BCUT2D eigenvalue weighted by atomic mass is 9.98. The van der Waals surface area contributed by atoms with Crippen LogP contribution in [0.2, 0.25) is 0 Å². The van der Waals surface area contributed by atoms with Crippen molar-refractivity contribution in [3.8, 4) is 0 Å². The predicted molar refractivity (Wildman–Crippen MR) is 176 cm³/mol. The highest BCUT2D eigenvalue weighted by Gasteiger charge is 2.48. The second kappa shape index (κ2) is 17.5. The highest BCUT2D eigenvalue weighted by Crippen LogP contribution is 2.40. The molecule has 3 heterocycles. The van der Waals surface area contributed by atoms with Gasteiger partial charge in [0.05, 0.1) is 24.9 Å². The van der Waals surface area contributed by atoms with Crippen LogP contribution in [0.1, 0.15) is 65.1 Å². The molecule has 1 unspecified atom stereocenters. The average molecular weight is 709 g/mol. The van der Waals surface area contributed by atoms with Crippen molar-refractivity contribution in [2.24, 2.45) is 5.73 Å². The van der Waals surface area contributed by atoms with E-state index in [0.717, 1.165) is 11.1 Å². The number of aryl methyl sites for hydroxylation is 2. The van der Waals surface area contributed by atoms with E-state index >= 15 is 0 Å². The molecule has 2 aromatic carbocycles. The van der Waals surface area contributed by atoms with E-state index in [-0.39, 0.29) is 24.1 Å². The van der Waals surface area contributed by atoms with Crippen molar-refractivity contribution < 1.29 is 47.6 Å². The van der Waals surface area contributed by atoms with Crippen LogP contribution in [0.5, 0.6) is 0 Å². The first-order valence-electron chi connectivity index (χ1n) is 16.3. The van der Waals surface area contributed by atoms with E-state index in [1.54, 1.807) is 10.9 Å². The molecule has 5 atom stereocenters. The Kier molecular flexibility index (Phi) is 13.0. The van der Waals surface area contributed by atoms with Crippen LogP contribution < -0.4 is 20.5 Å². The first kappa shape index (κ1) is 36.9. The first-order valence-corrected chi connectivity index (χ1v) is 17.8. The number of pyridine rings is 1. The lowest BCUT2D eigenvalue weighted by Crippen LogP contribution is -2.46. The molecule has 0 radical (unpaired) electrons. The molecule has 50 heavy (non-hydrogen) atoms. The molecule has 2 aromatic heterocycles. The molecule has 266 valence electrons. The molecule has 2 amide bonds. The van der Waals surface area contributed by atoms with Gasteiger partial charge in [0.25, 0.3) is 20.0 Å². The van der Waals surface area contributed by atoms with Crippen molar-refractivity contribution in [1.82, 2.24) is 20.3 Å². The fourth-order valence-corrected chi connectivity index (χ4v) is 6.30. The van der Waals surface area contributed by atoms with Crippen LogP contribution in [0.3, 0.4) is 0 Å². The molecule has 0 saturated carbocycles. The van der Waals surface area contributed by atoms with E-state index in [1.807, 2.05) is 60.7 Å². The highest BCUT2D eigenvalue weighted by molar-refractivity contribution is 7.45. The van der Waals surface area contributed by atoms with Gasteiger partial charge in [-0.2, -0.15) is 4.57 Å². The third-order valence-electron chi connectivity index (χ3n) is 8.16. The van der Waals surface area contributed by atoms with Crippen molar-refractivity contribution in [2.75, 3.05) is 13.2 Å². The number of phosphoric acid groups is 1. The van der Waals surface area contributed by atoms with E-state index in [9.17, 15) is 29.3 Å². The summed E-state index contributed by atoms with van der Waals surface area (Å²) in [5, 5.41) is 32.2. The number of hydrogen-bond donors (Lipinski definition) is 4. The average Bonchev–Trinajstić information content (AvgIpc) is 3.70. The zero-order valence-corrected chi connectivity index (χ0v) is 28.2. The minimum atomic E-state index is -4.76. The second-order valence-electron chi connectivity index (χ2n) is 11.9. The molecule has 1 aliphatic heterocycles. The van der Waals surface area contributed by atoms with Crippen molar-refractivity contribution in [2.45, 2.75) is 69.2 Å². The lowest BCUT2D eigenvalue weighted by Gasteiger charge is -2.24. The number of carbonyl (C=O) groups is 2. The number of phosphoric ester groups is 1. The van der Waals surface area contributed by atoms with Crippen molar-refractivity contribution in [1.29, 1.82) is 0 Å². The van der Waals surface area contributed by atoms with Gasteiger partial charge in [-0.05, 0) is 42.9 Å². The van der Waals surface area contributed by atoms with Crippen molar-refractivity contribution in [3.05, 3.63) is 114 Å². The van der Waals surface area contributed by atoms with Gasteiger partial charge in [-0.1, -0.05) is 65.9 Å². The number of ether oxygens (including phenoxy) is 1. The van der Waals surface area contributed by atoms with Crippen LogP contribution in [0.4, 0.5) is 0 Å². The minimum absolute atomic E-state index is 0.0401. The van der Waals surface area contributed by atoms with Gasteiger partial charge in [0.1, 0.15) is 17.8 Å². The molecule has 1 aliphatic rings. The Morgan fingerprint density at radius 1 is 1.00 bits per heavy atom. The summed E-state index contributed by atoms with van der Waals surface area (Å²) < 4.78 is 30.8. The third-order valence-corrected chi connectivity index (χ3v) is 9.12. The van der Waals surface area contributed by atoms with Crippen LogP contribution in [-0.2, 0) is 36.1 Å². The summed E-state index contributed by atoms with van der Waals surface area (Å²) in [6, 6.07) is 22.4. The molecule has 4 aromatic rings. The molecule has 16 heteroatoms. The highest BCUT2D eigenvalue weighted by atomic mass is 31.2. The van der Waals surface area contributed by atoms with Crippen LogP contribution >= 0.6 is 7.82 Å². The summed E-state index contributed by atoms with van der Waals surface area (Å²) in [5.74, 6) is -0.728. The Balaban J connectivity index is 0.982. The Hall–Kier alpha value is -4.34. The monoisotopic (exact) mass is 708 g/mol. The molecule has 1 fully saturated rings. The minimum Gasteiger partial charge on any atom is -0.756 e. The molecule has 0 spiro atoms. The van der Waals surface area contributed by atoms with E-state index < -0.39 is 44.9 Å². The van der Waals surface area contributed by atoms with Gasteiger partial charge in [0.2, 0.25) is 5.91 Å². The second-order valence-corrected chi connectivity index (χ2v) is 13.3. The number of aliphatic hydroxyl groups excluding tert-OH is 2. The number of rotatable bonds is 18.